The zero-order valence-electron chi connectivity index (χ0n) is 11.4. The van der Waals surface area contributed by atoms with Gasteiger partial charge >= 0.3 is 0 Å². The first-order valence-corrected chi connectivity index (χ1v) is 7.02. The smallest absolute Gasteiger partial charge is 0.0637 e. The highest BCUT2D eigenvalue weighted by Crippen LogP contribution is 2.04. The SMILES string of the molecule is CCCCCCCCNCCc1ccn(C)n1. The van der Waals surface area contributed by atoms with E-state index in [1.54, 1.807) is 0 Å². The van der Waals surface area contributed by atoms with E-state index in [0.717, 1.165) is 19.5 Å². The molecule has 0 aliphatic carbocycles. The first-order valence-electron chi connectivity index (χ1n) is 7.02. The van der Waals surface area contributed by atoms with Crippen LogP contribution in [0.3, 0.4) is 0 Å². The minimum atomic E-state index is 1.04. The molecule has 1 heterocycles. The van der Waals surface area contributed by atoms with Crippen molar-refractivity contribution >= 4 is 0 Å². The fraction of sp³-hybridized carbons (Fsp3) is 0.786. The Bertz CT molecular complexity index is 281. The molecule has 1 aromatic rings. The lowest BCUT2D eigenvalue weighted by Crippen LogP contribution is -2.18. The van der Waals surface area contributed by atoms with Crippen LogP contribution in [0.2, 0.25) is 0 Å². The van der Waals surface area contributed by atoms with Gasteiger partial charge in [0.15, 0.2) is 0 Å². The Morgan fingerprint density at radius 2 is 1.88 bits per heavy atom. The van der Waals surface area contributed by atoms with Crippen LogP contribution < -0.4 is 5.32 Å². The summed E-state index contributed by atoms with van der Waals surface area (Å²) in [6.45, 7) is 4.46. The van der Waals surface area contributed by atoms with Crippen molar-refractivity contribution < 1.29 is 0 Å². The topological polar surface area (TPSA) is 29.9 Å². The Balaban J connectivity index is 1.84. The van der Waals surface area contributed by atoms with Crippen LogP contribution in [0.4, 0.5) is 0 Å². The second kappa shape index (κ2) is 9.23. The monoisotopic (exact) mass is 237 g/mol. The lowest BCUT2D eigenvalue weighted by Gasteiger charge is -2.03. The molecular weight excluding hydrogens is 210 g/mol. The second-order valence-electron chi connectivity index (χ2n) is 4.75. The summed E-state index contributed by atoms with van der Waals surface area (Å²) in [5, 5.41) is 7.84. The number of rotatable bonds is 10. The third kappa shape index (κ3) is 7.16. The van der Waals surface area contributed by atoms with Crippen LogP contribution in [-0.4, -0.2) is 22.9 Å². The van der Waals surface area contributed by atoms with Crippen molar-refractivity contribution in [1.29, 1.82) is 0 Å². The predicted octanol–water partition coefficient (Wildman–Crippen LogP) is 2.91. The Kier molecular flexibility index (Phi) is 7.72. The van der Waals surface area contributed by atoms with Crippen LogP contribution in [0.25, 0.3) is 0 Å². The first kappa shape index (κ1) is 14.2. The van der Waals surface area contributed by atoms with Gasteiger partial charge in [-0.25, -0.2) is 0 Å². The van der Waals surface area contributed by atoms with Gasteiger partial charge in [0.2, 0.25) is 0 Å². The zero-order valence-corrected chi connectivity index (χ0v) is 11.4. The number of nitrogens with one attached hydrogen (secondary N) is 1. The van der Waals surface area contributed by atoms with E-state index < -0.39 is 0 Å². The second-order valence-corrected chi connectivity index (χ2v) is 4.75. The maximum Gasteiger partial charge on any atom is 0.0637 e. The maximum atomic E-state index is 4.36. The summed E-state index contributed by atoms with van der Waals surface area (Å²) in [5.41, 5.74) is 1.18. The molecule has 0 aliphatic rings. The molecule has 0 bridgehead atoms. The number of hydrogen-bond acceptors (Lipinski definition) is 2. The summed E-state index contributed by atoms with van der Waals surface area (Å²) in [6, 6.07) is 2.09. The quantitative estimate of drug-likeness (QED) is 0.634. The van der Waals surface area contributed by atoms with E-state index in [4.69, 9.17) is 0 Å². The van der Waals surface area contributed by atoms with Crippen LogP contribution in [0.1, 0.15) is 51.1 Å². The summed E-state index contributed by atoms with van der Waals surface area (Å²) in [6.07, 6.45) is 11.3. The van der Waals surface area contributed by atoms with E-state index in [0.29, 0.717) is 0 Å². The van der Waals surface area contributed by atoms with Gasteiger partial charge in [-0.15, -0.1) is 0 Å². The highest BCUT2D eigenvalue weighted by atomic mass is 15.2. The molecule has 17 heavy (non-hydrogen) atoms. The third-order valence-electron chi connectivity index (χ3n) is 3.03. The van der Waals surface area contributed by atoms with Gasteiger partial charge in [-0.2, -0.15) is 5.10 Å². The molecular formula is C14H27N3. The molecule has 1 aromatic heterocycles. The summed E-state index contributed by atoms with van der Waals surface area (Å²) >= 11 is 0. The van der Waals surface area contributed by atoms with Crippen molar-refractivity contribution in [2.75, 3.05) is 13.1 Å². The lowest BCUT2D eigenvalue weighted by molar-refractivity contribution is 0.570. The fourth-order valence-electron chi connectivity index (χ4n) is 1.97. The molecule has 0 atom stereocenters. The summed E-state index contributed by atoms with van der Waals surface area (Å²) in [7, 11) is 1.97. The standard InChI is InChI=1S/C14H27N3/c1-3-4-5-6-7-8-11-15-12-9-14-10-13-17(2)16-14/h10,13,15H,3-9,11-12H2,1-2H3. The highest BCUT2D eigenvalue weighted by molar-refractivity contribution is 4.98. The maximum absolute atomic E-state index is 4.36. The molecule has 0 saturated heterocycles. The van der Waals surface area contributed by atoms with E-state index in [1.165, 1.54) is 44.2 Å². The molecule has 3 heteroatoms. The summed E-state index contributed by atoms with van der Waals surface area (Å²) < 4.78 is 1.86. The van der Waals surface area contributed by atoms with Crippen LogP contribution in [0.5, 0.6) is 0 Å². The van der Waals surface area contributed by atoms with Crippen molar-refractivity contribution in [2.24, 2.45) is 7.05 Å². The number of unbranched alkanes of at least 4 members (excludes halogenated alkanes) is 5. The minimum absolute atomic E-state index is 1.04. The van der Waals surface area contributed by atoms with Gasteiger partial charge < -0.3 is 5.32 Å². The molecule has 98 valence electrons. The van der Waals surface area contributed by atoms with Crippen LogP contribution >= 0.6 is 0 Å². The number of hydrogen-bond donors (Lipinski definition) is 1. The van der Waals surface area contributed by atoms with Gasteiger partial charge in [-0.1, -0.05) is 39.0 Å². The molecule has 0 saturated carbocycles. The van der Waals surface area contributed by atoms with Gasteiger partial charge in [-0.3, -0.25) is 4.68 Å². The van der Waals surface area contributed by atoms with Gasteiger partial charge in [0.05, 0.1) is 5.69 Å². The van der Waals surface area contributed by atoms with E-state index in [1.807, 2.05) is 17.9 Å². The minimum Gasteiger partial charge on any atom is -0.316 e. The molecule has 1 rings (SSSR count). The Labute approximate surface area is 106 Å². The molecule has 1 N–H and O–H groups in total. The van der Waals surface area contributed by atoms with E-state index >= 15 is 0 Å². The average molecular weight is 237 g/mol. The molecule has 0 aliphatic heterocycles. The van der Waals surface area contributed by atoms with E-state index in [-0.39, 0.29) is 0 Å². The molecule has 0 unspecified atom stereocenters. The van der Waals surface area contributed by atoms with Crippen LogP contribution in [0.15, 0.2) is 12.3 Å². The molecule has 0 fully saturated rings. The highest BCUT2D eigenvalue weighted by Gasteiger charge is 1.96. The van der Waals surface area contributed by atoms with Gasteiger partial charge in [-0.05, 0) is 19.0 Å². The molecule has 0 spiro atoms. The number of nitrogens with zero attached hydrogens (tertiary/aromatic N) is 2. The van der Waals surface area contributed by atoms with E-state index in [2.05, 4.69) is 23.4 Å². The van der Waals surface area contributed by atoms with Crippen LogP contribution in [-0.2, 0) is 13.5 Å². The lowest BCUT2D eigenvalue weighted by atomic mass is 10.1. The van der Waals surface area contributed by atoms with E-state index in [9.17, 15) is 0 Å². The number of aromatic nitrogens is 2. The summed E-state index contributed by atoms with van der Waals surface area (Å²) in [4.78, 5) is 0. The molecule has 0 radical (unpaired) electrons. The van der Waals surface area contributed by atoms with Crippen molar-refractivity contribution in [3.8, 4) is 0 Å². The molecule has 3 nitrogen and oxygen atoms in total. The van der Waals surface area contributed by atoms with Crippen molar-refractivity contribution in [3.05, 3.63) is 18.0 Å². The van der Waals surface area contributed by atoms with Crippen molar-refractivity contribution in [1.82, 2.24) is 15.1 Å². The summed E-state index contributed by atoms with van der Waals surface area (Å²) in [5.74, 6) is 0. The van der Waals surface area contributed by atoms with Gasteiger partial charge in [0, 0.05) is 26.2 Å². The first-order chi connectivity index (χ1) is 8.33. The largest absolute Gasteiger partial charge is 0.316 e. The van der Waals surface area contributed by atoms with Gasteiger partial charge in [0.1, 0.15) is 0 Å². The molecule has 0 amide bonds. The Morgan fingerprint density at radius 1 is 1.12 bits per heavy atom. The van der Waals surface area contributed by atoms with Crippen LogP contribution in [0, 0.1) is 0 Å². The fourth-order valence-corrected chi connectivity index (χ4v) is 1.97. The molecule has 0 aromatic carbocycles. The Hall–Kier alpha value is -0.830. The Morgan fingerprint density at radius 3 is 2.59 bits per heavy atom. The van der Waals surface area contributed by atoms with Gasteiger partial charge in [0.25, 0.3) is 0 Å². The van der Waals surface area contributed by atoms with Crippen molar-refractivity contribution in [3.63, 3.8) is 0 Å². The number of aryl methyl sites for hydroxylation is 1. The zero-order chi connectivity index (χ0) is 12.3. The third-order valence-corrected chi connectivity index (χ3v) is 3.03. The predicted molar refractivity (Wildman–Crippen MR) is 73.2 cm³/mol. The normalized spacial score (nSPS) is 10.9. The average Bonchev–Trinajstić information content (AvgIpc) is 2.73. The van der Waals surface area contributed by atoms with Crippen molar-refractivity contribution in [2.45, 2.75) is 51.9 Å².